The molecule has 25 heavy (non-hydrogen) atoms. The summed E-state index contributed by atoms with van der Waals surface area (Å²) in [6.45, 7) is 4.93. The van der Waals surface area contributed by atoms with Gasteiger partial charge in [-0.3, -0.25) is 19.1 Å². The topological polar surface area (TPSA) is 116 Å². The number of carbonyl (C=O) groups excluding carboxylic acids is 3. The van der Waals surface area contributed by atoms with Gasteiger partial charge in [-0.1, -0.05) is 0 Å². The molecular formula is C15H22O10. The maximum Gasteiger partial charge on any atom is 0.303 e. The van der Waals surface area contributed by atoms with Crippen LogP contribution < -0.4 is 0 Å². The first-order valence-corrected chi connectivity index (χ1v) is 7.69. The van der Waals surface area contributed by atoms with Crippen LogP contribution in [0.5, 0.6) is 0 Å². The molecule has 142 valence electrons. The molecule has 2 heterocycles. The van der Waals surface area contributed by atoms with Crippen molar-refractivity contribution in [1.29, 1.82) is 0 Å². The maximum atomic E-state index is 11.5. The highest BCUT2D eigenvalue weighted by Gasteiger charge is 2.59. The van der Waals surface area contributed by atoms with Crippen molar-refractivity contribution in [3.05, 3.63) is 0 Å². The molecule has 0 aromatic rings. The molecule has 2 saturated heterocycles. The number of ether oxygens (including phenoxy) is 7. The van der Waals surface area contributed by atoms with Gasteiger partial charge in [0.05, 0.1) is 0 Å². The van der Waals surface area contributed by atoms with Crippen LogP contribution in [-0.2, 0) is 47.5 Å². The molecule has 0 aliphatic carbocycles. The van der Waals surface area contributed by atoms with Crippen LogP contribution in [0.15, 0.2) is 0 Å². The highest BCUT2D eigenvalue weighted by molar-refractivity contribution is 5.67. The Hall–Kier alpha value is -1.75. The van der Waals surface area contributed by atoms with Gasteiger partial charge in [-0.25, -0.2) is 0 Å². The molecule has 0 spiro atoms. The summed E-state index contributed by atoms with van der Waals surface area (Å²) in [5.74, 6) is -3.19. The van der Waals surface area contributed by atoms with Crippen molar-refractivity contribution in [2.45, 2.75) is 64.4 Å². The van der Waals surface area contributed by atoms with E-state index in [1.54, 1.807) is 0 Å². The van der Waals surface area contributed by atoms with Crippen molar-refractivity contribution < 1.29 is 47.5 Å². The zero-order chi connectivity index (χ0) is 18.8. The summed E-state index contributed by atoms with van der Waals surface area (Å²) >= 11 is 0. The Kier molecular flexibility index (Phi) is 5.99. The molecule has 10 nitrogen and oxygen atoms in total. The molecular weight excluding hydrogens is 340 g/mol. The van der Waals surface area contributed by atoms with E-state index in [1.807, 2.05) is 0 Å². The van der Waals surface area contributed by atoms with Gasteiger partial charge >= 0.3 is 17.9 Å². The van der Waals surface area contributed by atoms with Gasteiger partial charge in [0.15, 0.2) is 24.6 Å². The lowest BCUT2D eigenvalue weighted by Gasteiger charge is -2.40. The van der Waals surface area contributed by atoms with Gasteiger partial charge in [-0.15, -0.1) is 0 Å². The quantitative estimate of drug-likeness (QED) is 0.484. The monoisotopic (exact) mass is 362 g/mol. The van der Waals surface area contributed by atoms with E-state index in [0.717, 1.165) is 0 Å². The molecule has 0 aromatic carbocycles. The predicted octanol–water partition coefficient (Wildman–Crippen LogP) is -0.127. The summed E-state index contributed by atoms with van der Waals surface area (Å²) in [6.07, 6.45) is -4.86. The molecule has 10 heteroatoms. The smallest absolute Gasteiger partial charge is 0.303 e. The number of methoxy groups -OCH3 is 1. The first-order chi connectivity index (χ1) is 11.6. The van der Waals surface area contributed by atoms with Crippen molar-refractivity contribution in [2.75, 3.05) is 13.7 Å². The van der Waals surface area contributed by atoms with Crippen LogP contribution in [0.25, 0.3) is 0 Å². The third kappa shape index (κ3) is 4.66. The van der Waals surface area contributed by atoms with E-state index >= 15 is 0 Å². The van der Waals surface area contributed by atoms with E-state index in [9.17, 15) is 14.4 Å². The largest absolute Gasteiger partial charge is 0.463 e. The molecule has 0 radical (unpaired) electrons. The minimum absolute atomic E-state index is 0.221. The molecule has 0 saturated carbocycles. The van der Waals surface area contributed by atoms with Crippen LogP contribution in [0.2, 0.25) is 0 Å². The van der Waals surface area contributed by atoms with Crippen LogP contribution in [0.4, 0.5) is 0 Å². The molecule has 0 unspecified atom stereocenters. The van der Waals surface area contributed by atoms with E-state index in [1.165, 1.54) is 34.8 Å². The Morgan fingerprint density at radius 3 is 2.08 bits per heavy atom. The Labute approximate surface area is 144 Å². The molecule has 0 aromatic heterocycles. The van der Waals surface area contributed by atoms with Crippen molar-refractivity contribution in [2.24, 2.45) is 0 Å². The molecule has 2 fully saturated rings. The maximum absolute atomic E-state index is 11.5. The second-order valence-corrected chi connectivity index (χ2v) is 5.76. The number of hydrogen-bond donors (Lipinski definition) is 0. The molecule has 2 aliphatic rings. The number of fused-ring (bicyclic) bond motifs is 1. The van der Waals surface area contributed by atoms with Crippen LogP contribution in [-0.4, -0.2) is 68.3 Å². The SMILES string of the molecule is CO[C@]1(C)O[C@H]2O[C@H](COC(C)=O)[C@@H](OC(C)=O)[C@H](OC(C)=O)[C@H]2O1. The zero-order valence-electron chi connectivity index (χ0n) is 14.7. The predicted molar refractivity (Wildman–Crippen MR) is 77.8 cm³/mol. The van der Waals surface area contributed by atoms with E-state index in [2.05, 4.69) is 0 Å². The molecule has 0 N–H and O–H groups in total. The fraction of sp³-hybridized carbons (Fsp3) is 0.800. The third-order valence-electron chi connectivity index (χ3n) is 3.70. The Bertz CT molecular complexity index is 534. The van der Waals surface area contributed by atoms with Gasteiger partial charge < -0.3 is 28.4 Å². The van der Waals surface area contributed by atoms with E-state index in [0.29, 0.717) is 0 Å². The highest BCUT2D eigenvalue weighted by Crippen LogP contribution is 2.39. The molecule has 2 rings (SSSR count). The van der Waals surface area contributed by atoms with Gasteiger partial charge in [-0.2, -0.15) is 0 Å². The molecule has 6 atom stereocenters. The van der Waals surface area contributed by atoms with Crippen LogP contribution >= 0.6 is 0 Å². The number of rotatable bonds is 5. The normalized spacial score (nSPS) is 37.1. The highest BCUT2D eigenvalue weighted by atomic mass is 16.9. The average molecular weight is 362 g/mol. The van der Waals surface area contributed by atoms with Crippen molar-refractivity contribution >= 4 is 17.9 Å². The number of hydrogen-bond acceptors (Lipinski definition) is 10. The third-order valence-corrected chi connectivity index (χ3v) is 3.70. The van der Waals surface area contributed by atoms with Gasteiger partial charge in [0.25, 0.3) is 5.97 Å². The molecule has 2 aliphatic heterocycles. The minimum Gasteiger partial charge on any atom is -0.463 e. The van der Waals surface area contributed by atoms with Crippen molar-refractivity contribution in [3.63, 3.8) is 0 Å². The lowest BCUT2D eigenvalue weighted by atomic mass is 9.98. The number of esters is 3. The Morgan fingerprint density at radius 1 is 0.960 bits per heavy atom. The summed E-state index contributed by atoms with van der Waals surface area (Å²) in [6, 6.07) is 0. The van der Waals surface area contributed by atoms with Gasteiger partial charge in [-0.05, 0) is 0 Å². The second kappa shape index (κ2) is 7.65. The average Bonchev–Trinajstić information content (AvgIpc) is 2.84. The van der Waals surface area contributed by atoms with E-state index in [-0.39, 0.29) is 6.61 Å². The van der Waals surface area contributed by atoms with E-state index in [4.69, 9.17) is 33.2 Å². The lowest BCUT2D eigenvalue weighted by molar-refractivity contribution is -0.334. The first-order valence-electron chi connectivity index (χ1n) is 7.69. The second-order valence-electron chi connectivity index (χ2n) is 5.76. The standard InChI is InChI=1S/C15H22O10/c1-7(16)20-6-10-11(21-8(2)17)12(22-9(3)18)13-14(23-10)25-15(4,19-5)24-13/h10-14H,6H2,1-5H3/t10-,11-,12+,13-,14-,15+/m1/s1. The summed E-state index contributed by atoms with van der Waals surface area (Å²) in [7, 11) is 1.37. The van der Waals surface area contributed by atoms with Gasteiger partial charge in [0.1, 0.15) is 12.7 Å². The summed E-state index contributed by atoms with van der Waals surface area (Å²) in [5, 5.41) is 0. The Morgan fingerprint density at radius 2 is 1.56 bits per heavy atom. The van der Waals surface area contributed by atoms with Gasteiger partial charge in [0, 0.05) is 34.8 Å². The Balaban J connectivity index is 2.29. The fourth-order valence-corrected chi connectivity index (χ4v) is 2.67. The summed E-state index contributed by atoms with van der Waals surface area (Å²) in [4.78, 5) is 34.1. The van der Waals surface area contributed by atoms with E-state index < -0.39 is 54.6 Å². The van der Waals surface area contributed by atoms with Crippen LogP contribution in [0.3, 0.4) is 0 Å². The lowest BCUT2D eigenvalue weighted by Crippen LogP contribution is -2.60. The molecule has 0 amide bonds. The first kappa shape index (κ1) is 19.6. The number of carbonyl (C=O) groups is 3. The van der Waals surface area contributed by atoms with Crippen molar-refractivity contribution in [1.82, 2.24) is 0 Å². The summed E-state index contributed by atoms with van der Waals surface area (Å²) in [5.41, 5.74) is 0. The van der Waals surface area contributed by atoms with Crippen LogP contribution in [0.1, 0.15) is 27.7 Å². The van der Waals surface area contributed by atoms with Gasteiger partial charge in [0.2, 0.25) is 0 Å². The molecule has 0 bridgehead atoms. The zero-order valence-corrected chi connectivity index (χ0v) is 14.7. The van der Waals surface area contributed by atoms with Crippen molar-refractivity contribution in [3.8, 4) is 0 Å². The van der Waals surface area contributed by atoms with Crippen LogP contribution in [0, 0.1) is 0 Å². The minimum atomic E-state index is -1.43. The fourth-order valence-electron chi connectivity index (χ4n) is 2.67. The summed E-state index contributed by atoms with van der Waals surface area (Å²) < 4.78 is 37.6.